The highest BCUT2D eigenvalue weighted by molar-refractivity contribution is 5.75. The first kappa shape index (κ1) is 13.5. The van der Waals surface area contributed by atoms with Gasteiger partial charge in [0.15, 0.2) is 0 Å². The van der Waals surface area contributed by atoms with Gasteiger partial charge < -0.3 is 16.0 Å². The van der Waals surface area contributed by atoms with E-state index in [0.29, 0.717) is 12.3 Å². The molecule has 1 amide bonds. The minimum atomic E-state index is 0.118. The highest BCUT2D eigenvalue weighted by Crippen LogP contribution is 2.14. The topological polar surface area (TPSA) is 58.4 Å². The Labute approximate surface area is 98.6 Å². The summed E-state index contributed by atoms with van der Waals surface area (Å²) in [5, 5.41) is 3.00. The molecule has 16 heavy (non-hydrogen) atoms. The molecule has 0 aromatic heterocycles. The predicted octanol–water partition coefficient (Wildman–Crippen LogP) is 0.572. The predicted molar refractivity (Wildman–Crippen MR) is 66.1 cm³/mol. The van der Waals surface area contributed by atoms with E-state index in [1.807, 2.05) is 6.92 Å². The summed E-state index contributed by atoms with van der Waals surface area (Å²) in [5.74, 6) is 0.784. The molecule has 0 saturated carbocycles. The highest BCUT2D eigenvalue weighted by atomic mass is 16.1. The molecule has 1 aliphatic heterocycles. The monoisotopic (exact) mass is 227 g/mol. The molecule has 0 radical (unpaired) electrons. The van der Waals surface area contributed by atoms with Crippen molar-refractivity contribution in [2.45, 2.75) is 39.2 Å². The zero-order valence-corrected chi connectivity index (χ0v) is 10.5. The van der Waals surface area contributed by atoms with Crippen molar-refractivity contribution >= 4 is 5.91 Å². The van der Waals surface area contributed by atoms with Gasteiger partial charge in [0.05, 0.1) is 0 Å². The summed E-state index contributed by atoms with van der Waals surface area (Å²) in [6, 6.07) is 0.118. The van der Waals surface area contributed by atoms with Crippen LogP contribution in [0.1, 0.15) is 33.1 Å². The van der Waals surface area contributed by atoms with E-state index in [1.165, 1.54) is 13.0 Å². The molecule has 1 rings (SSSR count). The molecule has 94 valence electrons. The molecule has 2 atom stereocenters. The average Bonchev–Trinajstić information content (AvgIpc) is 2.71. The van der Waals surface area contributed by atoms with Gasteiger partial charge in [0.2, 0.25) is 5.91 Å². The van der Waals surface area contributed by atoms with Crippen LogP contribution in [0, 0.1) is 5.92 Å². The van der Waals surface area contributed by atoms with Gasteiger partial charge in [-0.05, 0) is 38.8 Å². The summed E-state index contributed by atoms with van der Waals surface area (Å²) in [6.07, 6.45) is 2.54. The molecular formula is C12H25N3O. The van der Waals surface area contributed by atoms with Gasteiger partial charge >= 0.3 is 0 Å². The van der Waals surface area contributed by atoms with Crippen LogP contribution in [0.4, 0.5) is 0 Å². The average molecular weight is 227 g/mol. The van der Waals surface area contributed by atoms with Crippen molar-refractivity contribution in [3.8, 4) is 0 Å². The van der Waals surface area contributed by atoms with Gasteiger partial charge in [-0.15, -0.1) is 0 Å². The van der Waals surface area contributed by atoms with E-state index >= 15 is 0 Å². The van der Waals surface area contributed by atoms with Gasteiger partial charge in [0, 0.05) is 25.6 Å². The SMILES string of the molecule is CCN1CCC(CNC(=O)CCC(C)N)C1. The molecule has 0 spiro atoms. The van der Waals surface area contributed by atoms with Crippen LogP contribution in [0.3, 0.4) is 0 Å². The van der Waals surface area contributed by atoms with E-state index in [1.54, 1.807) is 0 Å². The molecule has 2 unspecified atom stereocenters. The maximum atomic E-state index is 11.5. The first-order valence-electron chi connectivity index (χ1n) is 6.36. The van der Waals surface area contributed by atoms with Crippen molar-refractivity contribution < 1.29 is 4.79 Å². The van der Waals surface area contributed by atoms with E-state index in [4.69, 9.17) is 5.73 Å². The number of rotatable bonds is 6. The number of hydrogen-bond acceptors (Lipinski definition) is 3. The molecule has 1 fully saturated rings. The molecule has 1 saturated heterocycles. The van der Waals surface area contributed by atoms with Crippen molar-refractivity contribution in [2.24, 2.45) is 11.7 Å². The molecule has 1 aliphatic rings. The third-order valence-corrected chi connectivity index (χ3v) is 3.23. The number of nitrogens with two attached hydrogens (primary N) is 1. The number of likely N-dealkylation sites (tertiary alicyclic amines) is 1. The summed E-state index contributed by atoms with van der Waals surface area (Å²) in [7, 11) is 0. The fourth-order valence-electron chi connectivity index (χ4n) is 2.07. The number of carbonyl (C=O) groups excluding carboxylic acids is 1. The van der Waals surface area contributed by atoms with Crippen LogP contribution in [0.5, 0.6) is 0 Å². The lowest BCUT2D eigenvalue weighted by atomic mass is 10.1. The quantitative estimate of drug-likeness (QED) is 0.697. The van der Waals surface area contributed by atoms with Crippen molar-refractivity contribution in [1.29, 1.82) is 0 Å². The zero-order valence-electron chi connectivity index (χ0n) is 10.5. The largest absolute Gasteiger partial charge is 0.356 e. The third-order valence-electron chi connectivity index (χ3n) is 3.23. The van der Waals surface area contributed by atoms with Crippen LogP contribution in [0.2, 0.25) is 0 Å². The molecule has 4 nitrogen and oxygen atoms in total. The molecule has 1 heterocycles. The fourth-order valence-corrected chi connectivity index (χ4v) is 2.07. The first-order valence-corrected chi connectivity index (χ1v) is 6.36. The summed E-state index contributed by atoms with van der Waals surface area (Å²) in [6.45, 7) is 8.37. The number of hydrogen-bond donors (Lipinski definition) is 2. The highest BCUT2D eigenvalue weighted by Gasteiger charge is 2.21. The molecule has 0 bridgehead atoms. The molecule has 4 heteroatoms. The first-order chi connectivity index (χ1) is 7.61. The van der Waals surface area contributed by atoms with E-state index < -0.39 is 0 Å². The fraction of sp³-hybridized carbons (Fsp3) is 0.917. The lowest BCUT2D eigenvalue weighted by Crippen LogP contribution is -2.31. The van der Waals surface area contributed by atoms with Gasteiger partial charge in [-0.2, -0.15) is 0 Å². The van der Waals surface area contributed by atoms with Crippen LogP contribution in [0.25, 0.3) is 0 Å². The zero-order chi connectivity index (χ0) is 12.0. The maximum Gasteiger partial charge on any atom is 0.220 e. The normalized spacial score (nSPS) is 23.3. The Balaban J connectivity index is 2.08. The van der Waals surface area contributed by atoms with Crippen LogP contribution >= 0.6 is 0 Å². The van der Waals surface area contributed by atoms with E-state index in [0.717, 1.165) is 26.1 Å². The van der Waals surface area contributed by atoms with Crippen molar-refractivity contribution in [3.05, 3.63) is 0 Å². The minimum Gasteiger partial charge on any atom is -0.356 e. The third kappa shape index (κ3) is 4.94. The molecule has 0 aromatic carbocycles. The Morgan fingerprint density at radius 1 is 1.62 bits per heavy atom. The van der Waals surface area contributed by atoms with Gasteiger partial charge in [-0.25, -0.2) is 0 Å². The Bertz CT molecular complexity index is 218. The van der Waals surface area contributed by atoms with Crippen LogP contribution in [-0.2, 0) is 4.79 Å². The van der Waals surface area contributed by atoms with E-state index in [-0.39, 0.29) is 11.9 Å². The number of amides is 1. The van der Waals surface area contributed by atoms with Crippen LogP contribution in [-0.4, -0.2) is 43.0 Å². The second-order valence-corrected chi connectivity index (χ2v) is 4.87. The smallest absolute Gasteiger partial charge is 0.220 e. The Kier molecular flexibility index (Phi) is 5.77. The van der Waals surface area contributed by atoms with Crippen molar-refractivity contribution in [2.75, 3.05) is 26.2 Å². The molecular weight excluding hydrogens is 202 g/mol. The lowest BCUT2D eigenvalue weighted by molar-refractivity contribution is -0.121. The summed E-state index contributed by atoms with van der Waals surface area (Å²) >= 11 is 0. The van der Waals surface area contributed by atoms with Gasteiger partial charge in [-0.3, -0.25) is 4.79 Å². The Morgan fingerprint density at radius 3 is 2.94 bits per heavy atom. The number of nitrogens with zero attached hydrogens (tertiary/aromatic N) is 1. The minimum absolute atomic E-state index is 0.118. The number of carbonyl (C=O) groups is 1. The van der Waals surface area contributed by atoms with Crippen LogP contribution in [0.15, 0.2) is 0 Å². The Morgan fingerprint density at radius 2 is 2.38 bits per heavy atom. The second kappa shape index (κ2) is 6.86. The summed E-state index contributed by atoms with van der Waals surface area (Å²) in [4.78, 5) is 13.9. The standard InChI is InChI=1S/C12H25N3O/c1-3-15-7-6-11(9-15)8-14-12(16)5-4-10(2)13/h10-11H,3-9,13H2,1-2H3,(H,14,16). The van der Waals surface area contributed by atoms with Gasteiger partial charge in [0.25, 0.3) is 0 Å². The number of nitrogens with one attached hydrogen (secondary N) is 1. The Hall–Kier alpha value is -0.610. The summed E-state index contributed by atoms with van der Waals surface area (Å²) in [5.41, 5.74) is 5.61. The van der Waals surface area contributed by atoms with Crippen molar-refractivity contribution in [3.63, 3.8) is 0 Å². The van der Waals surface area contributed by atoms with Crippen LogP contribution < -0.4 is 11.1 Å². The molecule has 0 aromatic rings. The van der Waals surface area contributed by atoms with Crippen molar-refractivity contribution in [1.82, 2.24) is 10.2 Å². The molecule has 0 aliphatic carbocycles. The summed E-state index contributed by atoms with van der Waals surface area (Å²) < 4.78 is 0. The van der Waals surface area contributed by atoms with Gasteiger partial charge in [-0.1, -0.05) is 6.92 Å². The maximum absolute atomic E-state index is 11.5. The van der Waals surface area contributed by atoms with E-state index in [9.17, 15) is 4.79 Å². The van der Waals surface area contributed by atoms with Gasteiger partial charge in [0.1, 0.15) is 0 Å². The lowest BCUT2D eigenvalue weighted by Gasteiger charge is -2.14. The molecule has 3 N–H and O–H groups in total. The second-order valence-electron chi connectivity index (χ2n) is 4.87. The van der Waals surface area contributed by atoms with E-state index in [2.05, 4.69) is 17.1 Å².